The molecule has 152 valence electrons. The number of rotatable bonds is 5. The molecule has 0 aliphatic carbocycles. The summed E-state index contributed by atoms with van der Waals surface area (Å²) in [6, 6.07) is 13.9. The van der Waals surface area contributed by atoms with E-state index in [2.05, 4.69) is 5.10 Å². The predicted octanol–water partition coefficient (Wildman–Crippen LogP) is 3.82. The van der Waals surface area contributed by atoms with Gasteiger partial charge in [-0.3, -0.25) is 4.79 Å². The lowest BCUT2D eigenvalue weighted by Crippen LogP contribution is -2.27. The SMILES string of the molecule is Cc1nn(-c2ccccc2)c(C)c1CN(C)C(=O)c1cc(S(C)(=O)=O)ccc1Cl. The maximum atomic E-state index is 13.0. The van der Waals surface area contributed by atoms with E-state index in [4.69, 9.17) is 11.6 Å². The second-order valence-electron chi connectivity index (χ2n) is 6.97. The van der Waals surface area contributed by atoms with Gasteiger partial charge in [-0.25, -0.2) is 13.1 Å². The van der Waals surface area contributed by atoms with Gasteiger partial charge >= 0.3 is 0 Å². The van der Waals surface area contributed by atoms with Crippen LogP contribution in [0.15, 0.2) is 53.4 Å². The summed E-state index contributed by atoms with van der Waals surface area (Å²) < 4.78 is 25.5. The maximum absolute atomic E-state index is 13.0. The Labute approximate surface area is 175 Å². The van der Waals surface area contributed by atoms with Crippen LogP contribution in [0.25, 0.3) is 5.69 Å². The smallest absolute Gasteiger partial charge is 0.255 e. The molecule has 1 heterocycles. The standard InChI is InChI=1S/C21H22ClN3O3S/c1-14-19(15(2)25(23-14)16-8-6-5-7-9-16)13-24(3)21(26)18-12-17(29(4,27)28)10-11-20(18)22/h5-12H,13H2,1-4H3. The Morgan fingerprint density at radius 1 is 1.14 bits per heavy atom. The highest BCUT2D eigenvalue weighted by Crippen LogP contribution is 2.24. The van der Waals surface area contributed by atoms with Crippen LogP contribution in [0.4, 0.5) is 0 Å². The van der Waals surface area contributed by atoms with E-state index in [1.54, 1.807) is 7.05 Å². The summed E-state index contributed by atoms with van der Waals surface area (Å²) in [5.41, 5.74) is 3.78. The molecule has 29 heavy (non-hydrogen) atoms. The minimum Gasteiger partial charge on any atom is -0.337 e. The number of para-hydroxylation sites is 1. The van der Waals surface area contributed by atoms with Crippen molar-refractivity contribution in [3.05, 3.63) is 76.1 Å². The third-order valence-electron chi connectivity index (χ3n) is 4.78. The zero-order chi connectivity index (χ0) is 21.3. The Hall–Kier alpha value is -2.64. The molecule has 0 radical (unpaired) electrons. The number of hydrogen-bond acceptors (Lipinski definition) is 4. The van der Waals surface area contributed by atoms with E-state index in [1.807, 2.05) is 48.9 Å². The average Bonchev–Trinajstić information content (AvgIpc) is 2.95. The van der Waals surface area contributed by atoms with Crippen molar-refractivity contribution in [2.24, 2.45) is 0 Å². The monoisotopic (exact) mass is 431 g/mol. The van der Waals surface area contributed by atoms with E-state index < -0.39 is 9.84 Å². The van der Waals surface area contributed by atoms with Crippen LogP contribution < -0.4 is 0 Å². The quantitative estimate of drug-likeness (QED) is 0.615. The number of benzene rings is 2. The molecule has 0 atom stereocenters. The molecule has 0 unspecified atom stereocenters. The van der Waals surface area contributed by atoms with Gasteiger partial charge < -0.3 is 4.90 Å². The zero-order valence-corrected chi connectivity index (χ0v) is 18.3. The van der Waals surface area contributed by atoms with Crippen molar-refractivity contribution in [2.45, 2.75) is 25.3 Å². The Balaban J connectivity index is 1.91. The van der Waals surface area contributed by atoms with E-state index in [0.717, 1.165) is 28.9 Å². The molecule has 0 N–H and O–H groups in total. The zero-order valence-electron chi connectivity index (χ0n) is 16.7. The largest absolute Gasteiger partial charge is 0.337 e. The van der Waals surface area contributed by atoms with Gasteiger partial charge in [0.2, 0.25) is 0 Å². The molecule has 0 spiro atoms. The van der Waals surface area contributed by atoms with Crippen molar-refractivity contribution in [3.8, 4) is 5.69 Å². The topological polar surface area (TPSA) is 72.3 Å². The minimum absolute atomic E-state index is 0.0582. The Kier molecular flexibility index (Phi) is 5.82. The van der Waals surface area contributed by atoms with Gasteiger partial charge in [-0.15, -0.1) is 0 Å². The molecule has 2 aromatic carbocycles. The van der Waals surface area contributed by atoms with Crippen LogP contribution in [0.3, 0.4) is 0 Å². The molecule has 1 amide bonds. The van der Waals surface area contributed by atoms with Crippen molar-refractivity contribution < 1.29 is 13.2 Å². The van der Waals surface area contributed by atoms with Gasteiger partial charge in [0, 0.05) is 31.1 Å². The Bertz CT molecular complexity index is 1170. The van der Waals surface area contributed by atoms with E-state index in [9.17, 15) is 13.2 Å². The summed E-state index contributed by atoms with van der Waals surface area (Å²) in [6.45, 7) is 4.18. The van der Waals surface area contributed by atoms with Crippen LogP contribution in [0.5, 0.6) is 0 Å². The first kappa shape index (κ1) is 21.1. The van der Waals surface area contributed by atoms with Crippen molar-refractivity contribution in [1.82, 2.24) is 14.7 Å². The van der Waals surface area contributed by atoms with E-state index in [0.29, 0.717) is 6.54 Å². The van der Waals surface area contributed by atoms with Crippen molar-refractivity contribution in [2.75, 3.05) is 13.3 Å². The number of carbonyl (C=O) groups excluding carboxylic acids is 1. The molecular weight excluding hydrogens is 410 g/mol. The van der Waals surface area contributed by atoms with E-state index >= 15 is 0 Å². The van der Waals surface area contributed by atoms with Gasteiger partial charge in [-0.1, -0.05) is 29.8 Å². The number of nitrogens with zero attached hydrogens (tertiary/aromatic N) is 3. The van der Waals surface area contributed by atoms with Crippen LogP contribution in [0.2, 0.25) is 5.02 Å². The molecule has 0 saturated heterocycles. The number of hydrogen-bond donors (Lipinski definition) is 0. The molecule has 6 nitrogen and oxygen atoms in total. The molecule has 0 aliphatic rings. The van der Waals surface area contributed by atoms with Crippen molar-refractivity contribution in [1.29, 1.82) is 0 Å². The number of aryl methyl sites for hydroxylation is 1. The van der Waals surface area contributed by atoms with Crippen molar-refractivity contribution in [3.63, 3.8) is 0 Å². The molecule has 3 aromatic rings. The first-order valence-corrected chi connectivity index (χ1v) is 11.2. The Morgan fingerprint density at radius 2 is 1.79 bits per heavy atom. The highest BCUT2D eigenvalue weighted by atomic mass is 35.5. The normalized spacial score (nSPS) is 11.5. The average molecular weight is 432 g/mol. The van der Waals surface area contributed by atoms with Gasteiger partial charge in [0.15, 0.2) is 9.84 Å². The fourth-order valence-electron chi connectivity index (χ4n) is 3.14. The molecule has 0 aliphatic heterocycles. The lowest BCUT2D eigenvalue weighted by Gasteiger charge is -2.19. The first-order valence-electron chi connectivity index (χ1n) is 8.95. The Morgan fingerprint density at radius 3 is 2.41 bits per heavy atom. The van der Waals surface area contributed by atoms with Crippen LogP contribution in [0.1, 0.15) is 27.3 Å². The molecule has 0 bridgehead atoms. The summed E-state index contributed by atoms with van der Waals surface area (Å²) in [4.78, 5) is 14.5. The van der Waals surface area contributed by atoms with Gasteiger partial charge in [0.05, 0.1) is 26.9 Å². The second kappa shape index (κ2) is 8.00. The van der Waals surface area contributed by atoms with E-state index in [1.165, 1.54) is 23.1 Å². The fraction of sp³-hybridized carbons (Fsp3) is 0.238. The first-order chi connectivity index (χ1) is 13.6. The molecule has 3 rings (SSSR count). The van der Waals surface area contributed by atoms with Gasteiger partial charge in [0.1, 0.15) is 0 Å². The lowest BCUT2D eigenvalue weighted by molar-refractivity contribution is 0.0784. The summed E-state index contributed by atoms with van der Waals surface area (Å²) in [6.07, 6.45) is 1.10. The minimum atomic E-state index is -3.44. The van der Waals surface area contributed by atoms with Gasteiger partial charge in [0.25, 0.3) is 5.91 Å². The highest BCUT2D eigenvalue weighted by molar-refractivity contribution is 7.90. The van der Waals surface area contributed by atoms with Crippen LogP contribution >= 0.6 is 11.6 Å². The summed E-state index contributed by atoms with van der Waals surface area (Å²) in [5.74, 6) is -0.355. The van der Waals surface area contributed by atoms with Gasteiger partial charge in [-0.2, -0.15) is 5.10 Å². The summed E-state index contributed by atoms with van der Waals surface area (Å²) in [7, 11) is -1.79. The molecule has 0 saturated carbocycles. The lowest BCUT2D eigenvalue weighted by atomic mass is 10.1. The fourth-order valence-corrected chi connectivity index (χ4v) is 3.98. The van der Waals surface area contributed by atoms with Crippen molar-refractivity contribution >= 4 is 27.3 Å². The molecule has 0 fully saturated rings. The van der Waals surface area contributed by atoms with Crippen LogP contribution in [0, 0.1) is 13.8 Å². The number of amides is 1. The number of aromatic nitrogens is 2. The third-order valence-corrected chi connectivity index (χ3v) is 6.22. The second-order valence-corrected chi connectivity index (χ2v) is 9.39. The summed E-state index contributed by atoms with van der Waals surface area (Å²) in [5, 5.41) is 4.81. The van der Waals surface area contributed by atoms with Gasteiger partial charge in [-0.05, 0) is 44.2 Å². The maximum Gasteiger partial charge on any atom is 0.255 e. The number of sulfone groups is 1. The number of halogens is 1. The molecule has 1 aromatic heterocycles. The molecule has 8 heteroatoms. The third kappa shape index (κ3) is 4.36. The predicted molar refractivity (Wildman–Crippen MR) is 113 cm³/mol. The number of carbonyl (C=O) groups is 1. The van der Waals surface area contributed by atoms with Crippen LogP contribution in [-0.4, -0.2) is 42.3 Å². The summed E-state index contributed by atoms with van der Waals surface area (Å²) >= 11 is 6.18. The van der Waals surface area contributed by atoms with E-state index in [-0.39, 0.29) is 21.4 Å². The van der Waals surface area contributed by atoms with Crippen LogP contribution in [-0.2, 0) is 16.4 Å². The molecular formula is C21H22ClN3O3S. The highest BCUT2D eigenvalue weighted by Gasteiger charge is 2.21.